The van der Waals surface area contributed by atoms with Crippen molar-refractivity contribution in [1.82, 2.24) is 0 Å². The third-order valence-electron chi connectivity index (χ3n) is 3.39. The van der Waals surface area contributed by atoms with E-state index in [9.17, 15) is 4.79 Å². The molecular formula is C16H20N2OS. The Kier molecular flexibility index (Phi) is 4.68. The van der Waals surface area contributed by atoms with Crippen LogP contribution >= 0.6 is 11.8 Å². The zero-order chi connectivity index (χ0) is 14.6. The normalized spacial score (nSPS) is 14.1. The van der Waals surface area contributed by atoms with Gasteiger partial charge in [-0.2, -0.15) is 0 Å². The number of carbonyl (C=O) groups is 1. The van der Waals surface area contributed by atoms with Gasteiger partial charge in [0.25, 0.3) is 0 Å². The molecule has 20 heavy (non-hydrogen) atoms. The largest absolute Gasteiger partial charge is 0.368 e. The minimum atomic E-state index is -0.899. The number of thioether (sulfide) groups is 1. The maximum atomic E-state index is 11.1. The van der Waals surface area contributed by atoms with Crippen LogP contribution in [0.1, 0.15) is 19.8 Å². The van der Waals surface area contributed by atoms with Crippen LogP contribution in [0, 0.1) is 0 Å². The molecule has 2 rings (SSSR count). The van der Waals surface area contributed by atoms with Gasteiger partial charge in [0.2, 0.25) is 5.91 Å². The Labute approximate surface area is 123 Å². The fourth-order valence-corrected chi connectivity index (χ4v) is 2.91. The molecule has 0 saturated carbocycles. The van der Waals surface area contributed by atoms with Crippen LogP contribution in [0.4, 0.5) is 0 Å². The zero-order valence-corrected chi connectivity index (χ0v) is 12.5. The van der Waals surface area contributed by atoms with Gasteiger partial charge >= 0.3 is 0 Å². The van der Waals surface area contributed by atoms with E-state index in [0.29, 0.717) is 6.42 Å². The lowest BCUT2D eigenvalue weighted by molar-refractivity contribution is -0.122. The van der Waals surface area contributed by atoms with Crippen molar-refractivity contribution < 1.29 is 4.79 Å². The van der Waals surface area contributed by atoms with Crippen molar-refractivity contribution in [3.05, 3.63) is 42.5 Å². The van der Waals surface area contributed by atoms with Crippen LogP contribution in [-0.4, -0.2) is 17.2 Å². The molecule has 0 aromatic heterocycles. The zero-order valence-electron chi connectivity index (χ0n) is 11.6. The number of fused-ring (bicyclic) bond motifs is 1. The van der Waals surface area contributed by atoms with Crippen molar-refractivity contribution in [2.45, 2.75) is 30.2 Å². The monoisotopic (exact) mass is 288 g/mol. The molecule has 4 heteroatoms. The predicted molar refractivity (Wildman–Crippen MR) is 85.7 cm³/mol. The summed E-state index contributed by atoms with van der Waals surface area (Å²) in [6.07, 6.45) is 1.48. The third kappa shape index (κ3) is 3.74. The number of hydrogen-bond acceptors (Lipinski definition) is 3. The fraction of sp³-hybridized carbons (Fsp3) is 0.312. The summed E-state index contributed by atoms with van der Waals surface area (Å²) >= 11 is 1.78. The molecule has 0 heterocycles. The number of primary amides is 1. The van der Waals surface area contributed by atoms with Gasteiger partial charge in [0.15, 0.2) is 0 Å². The summed E-state index contributed by atoms with van der Waals surface area (Å²) in [4.78, 5) is 12.4. The van der Waals surface area contributed by atoms with Gasteiger partial charge in [-0.3, -0.25) is 4.79 Å². The summed E-state index contributed by atoms with van der Waals surface area (Å²) in [6, 6.07) is 14.8. The number of hydrogen-bond donors (Lipinski definition) is 2. The first-order chi connectivity index (χ1) is 9.49. The van der Waals surface area contributed by atoms with Crippen LogP contribution in [0.5, 0.6) is 0 Å². The van der Waals surface area contributed by atoms with Crippen LogP contribution in [0.25, 0.3) is 10.8 Å². The van der Waals surface area contributed by atoms with E-state index in [-0.39, 0.29) is 0 Å². The van der Waals surface area contributed by atoms with Crippen molar-refractivity contribution in [3.8, 4) is 0 Å². The number of benzene rings is 2. The Morgan fingerprint density at radius 3 is 2.60 bits per heavy atom. The van der Waals surface area contributed by atoms with E-state index in [0.717, 1.165) is 12.2 Å². The standard InChI is InChI=1S/C16H20N2OS/c1-16(18,15(17)19)9-4-10-20-14-8-7-12-5-2-3-6-13(12)11-14/h2-3,5-8,11H,4,9-10,18H2,1H3,(H2,17,19). The minimum absolute atomic E-state index is 0.437. The first-order valence-electron chi connectivity index (χ1n) is 6.69. The highest BCUT2D eigenvalue weighted by atomic mass is 32.2. The predicted octanol–water partition coefficient (Wildman–Crippen LogP) is 2.91. The Balaban J connectivity index is 1.88. The molecule has 0 fully saturated rings. The van der Waals surface area contributed by atoms with Crippen molar-refractivity contribution >= 4 is 28.4 Å². The molecule has 1 atom stereocenters. The number of amides is 1. The quantitative estimate of drug-likeness (QED) is 0.634. The lowest BCUT2D eigenvalue weighted by atomic mass is 9.97. The van der Waals surface area contributed by atoms with Crippen LogP contribution in [0.2, 0.25) is 0 Å². The first kappa shape index (κ1) is 14.9. The van der Waals surface area contributed by atoms with Gasteiger partial charge in [0.05, 0.1) is 5.54 Å². The molecule has 1 unspecified atom stereocenters. The van der Waals surface area contributed by atoms with Crippen LogP contribution in [0.3, 0.4) is 0 Å². The van der Waals surface area contributed by atoms with Crippen LogP contribution in [0.15, 0.2) is 47.4 Å². The van der Waals surface area contributed by atoms with E-state index >= 15 is 0 Å². The average molecular weight is 288 g/mol. The molecule has 0 bridgehead atoms. The summed E-state index contributed by atoms with van der Waals surface area (Å²) < 4.78 is 0. The van der Waals surface area contributed by atoms with Gasteiger partial charge in [-0.1, -0.05) is 30.3 Å². The van der Waals surface area contributed by atoms with Gasteiger partial charge < -0.3 is 11.5 Å². The van der Waals surface area contributed by atoms with Gasteiger partial charge in [-0.25, -0.2) is 0 Å². The molecule has 0 aliphatic heterocycles. The van der Waals surface area contributed by atoms with Crippen LogP contribution in [-0.2, 0) is 4.79 Å². The Morgan fingerprint density at radius 2 is 1.90 bits per heavy atom. The number of rotatable bonds is 6. The maximum absolute atomic E-state index is 11.1. The van der Waals surface area contributed by atoms with Gasteiger partial charge in [-0.15, -0.1) is 11.8 Å². The Morgan fingerprint density at radius 1 is 1.20 bits per heavy atom. The Bertz CT molecular complexity index is 610. The average Bonchev–Trinajstić information content (AvgIpc) is 2.43. The topological polar surface area (TPSA) is 69.1 Å². The molecule has 0 aliphatic carbocycles. The van der Waals surface area contributed by atoms with Crippen LogP contribution < -0.4 is 11.5 Å². The summed E-state index contributed by atoms with van der Waals surface area (Å²) in [7, 11) is 0. The second-order valence-electron chi connectivity index (χ2n) is 5.24. The molecule has 1 amide bonds. The smallest absolute Gasteiger partial charge is 0.237 e. The molecule has 0 spiro atoms. The maximum Gasteiger partial charge on any atom is 0.237 e. The van der Waals surface area contributed by atoms with Crippen molar-refractivity contribution in [2.24, 2.45) is 11.5 Å². The van der Waals surface area contributed by atoms with Crippen molar-refractivity contribution in [3.63, 3.8) is 0 Å². The highest BCUT2D eigenvalue weighted by Crippen LogP contribution is 2.25. The summed E-state index contributed by atoms with van der Waals surface area (Å²) in [6.45, 7) is 1.69. The lowest BCUT2D eigenvalue weighted by Gasteiger charge is -2.19. The minimum Gasteiger partial charge on any atom is -0.368 e. The molecule has 4 N–H and O–H groups in total. The lowest BCUT2D eigenvalue weighted by Crippen LogP contribution is -2.49. The van der Waals surface area contributed by atoms with E-state index in [1.807, 2.05) is 12.1 Å². The van der Waals surface area contributed by atoms with E-state index in [1.54, 1.807) is 18.7 Å². The molecule has 2 aromatic carbocycles. The van der Waals surface area contributed by atoms with Crippen molar-refractivity contribution in [2.75, 3.05) is 5.75 Å². The molecule has 0 saturated heterocycles. The number of nitrogens with two attached hydrogens (primary N) is 2. The highest BCUT2D eigenvalue weighted by Gasteiger charge is 2.24. The van der Waals surface area contributed by atoms with E-state index in [2.05, 4.69) is 30.3 Å². The molecule has 2 aromatic rings. The second-order valence-corrected chi connectivity index (χ2v) is 6.41. The third-order valence-corrected chi connectivity index (χ3v) is 4.47. The molecule has 3 nitrogen and oxygen atoms in total. The second kappa shape index (κ2) is 6.29. The van der Waals surface area contributed by atoms with Crippen molar-refractivity contribution in [1.29, 1.82) is 0 Å². The van der Waals surface area contributed by atoms with Gasteiger partial charge in [0, 0.05) is 4.90 Å². The fourth-order valence-electron chi connectivity index (χ4n) is 2.01. The molecule has 106 valence electrons. The SMILES string of the molecule is CC(N)(CCCSc1ccc2ccccc2c1)C(N)=O. The van der Waals surface area contributed by atoms with E-state index in [4.69, 9.17) is 11.5 Å². The highest BCUT2D eigenvalue weighted by molar-refractivity contribution is 7.99. The summed E-state index contributed by atoms with van der Waals surface area (Å²) in [5.41, 5.74) is 10.2. The summed E-state index contributed by atoms with van der Waals surface area (Å²) in [5.74, 6) is 0.492. The molecule has 0 aliphatic rings. The Hall–Kier alpha value is -1.52. The number of carbonyl (C=O) groups excluding carboxylic acids is 1. The summed E-state index contributed by atoms with van der Waals surface area (Å²) in [5, 5.41) is 2.50. The van der Waals surface area contributed by atoms with Gasteiger partial charge in [-0.05, 0) is 48.4 Å². The first-order valence-corrected chi connectivity index (χ1v) is 7.68. The molecular weight excluding hydrogens is 268 g/mol. The van der Waals surface area contributed by atoms with Gasteiger partial charge in [0.1, 0.15) is 0 Å². The van der Waals surface area contributed by atoms with E-state index < -0.39 is 11.4 Å². The molecule has 0 radical (unpaired) electrons. The van der Waals surface area contributed by atoms with E-state index in [1.165, 1.54) is 15.7 Å².